The van der Waals surface area contributed by atoms with Gasteiger partial charge in [-0.1, -0.05) is 25.1 Å². The summed E-state index contributed by atoms with van der Waals surface area (Å²) in [6.07, 6.45) is 8.10. The highest BCUT2D eigenvalue weighted by molar-refractivity contribution is 5.80. The maximum Gasteiger partial charge on any atom is 0.194 e. The van der Waals surface area contributed by atoms with E-state index in [2.05, 4.69) is 53.3 Å². The molecule has 24 heavy (non-hydrogen) atoms. The van der Waals surface area contributed by atoms with Crippen molar-refractivity contribution >= 4 is 5.96 Å². The van der Waals surface area contributed by atoms with E-state index in [-0.39, 0.29) is 0 Å². The molecule has 0 amide bonds. The smallest absolute Gasteiger partial charge is 0.194 e. The van der Waals surface area contributed by atoms with Gasteiger partial charge in [-0.2, -0.15) is 0 Å². The van der Waals surface area contributed by atoms with Gasteiger partial charge in [0.1, 0.15) is 0 Å². The lowest BCUT2D eigenvalue weighted by atomic mass is 10.00. The first-order chi connectivity index (χ1) is 11.8. The van der Waals surface area contributed by atoms with Crippen molar-refractivity contribution < 1.29 is 0 Å². The lowest BCUT2D eigenvalue weighted by Gasteiger charge is -2.33. The lowest BCUT2D eigenvalue weighted by molar-refractivity contribution is 0.273. The third kappa shape index (κ3) is 3.96. The number of imidazole rings is 1. The van der Waals surface area contributed by atoms with Crippen LogP contribution >= 0.6 is 0 Å². The summed E-state index contributed by atoms with van der Waals surface area (Å²) in [5.41, 5.74) is 2.35. The lowest BCUT2D eigenvalue weighted by Crippen LogP contribution is -2.45. The Labute approximate surface area is 144 Å². The highest BCUT2D eigenvalue weighted by Gasteiger charge is 2.18. The van der Waals surface area contributed by atoms with Crippen LogP contribution in [0.25, 0.3) is 5.69 Å². The number of hydrogen-bond acceptors (Lipinski definition) is 2. The van der Waals surface area contributed by atoms with E-state index in [1.54, 1.807) is 6.20 Å². The molecule has 2 heterocycles. The van der Waals surface area contributed by atoms with Crippen LogP contribution in [-0.4, -0.2) is 40.0 Å². The molecular weight excluding hydrogens is 298 g/mol. The fourth-order valence-electron chi connectivity index (χ4n) is 3.10. The zero-order valence-electron chi connectivity index (χ0n) is 14.7. The molecule has 1 fully saturated rings. The number of hydrogen-bond donors (Lipinski definition) is 1. The number of aromatic nitrogens is 2. The third-order valence-electron chi connectivity index (χ3n) is 4.59. The van der Waals surface area contributed by atoms with Crippen LogP contribution in [0.4, 0.5) is 0 Å². The molecular formula is C19H27N5. The highest BCUT2D eigenvalue weighted by Crippen LogP contribution is 2.18. The van der Waals surface area contributed by atoms with Crippen molar-refractivity contribution in [3.63, 3.8) is 0 Å². The van der Waals surface area contributed by atoms with Crippen molar-refractivity contribution in [3.05, 3.63) is 48.5 Å². The number of rotatable bonds is 4. The van der Waals surface area contributed by atoms with Gasteiger partial charge < -0.3 is 14.8 Å². The zero-order valence-corrected chi connectivity index (χ0v) is 14.7. The summed E-state index contributed by atoms with van der Waals surface area (Å²) in [7, 11) is 0. The Bertz CT molecular complexity index is 654. The average Bonchev–Trinajstić information content (AvgIpc) is 3.14. The predicted octanol–water partition coefficient (Wildman–Crippen LogP) is 3.07. The van der Waals surface area contributed by atoms with E-state index in [1.165, 1.54) is 18.4 Å². The van der Waals surface area contributed by atoms with E-state index in [4.69, 9.17) is 4.99 Å². The number of benzene rings is 1. The van der Waals surface area contributed by atoms with Gasteiger partial charge in [-0.3, -0.25) is 0 Å². The van der Waals surface area contributed by atoms with Crippen molar-refractivity contribution in [2.45, 2.75) is 33.2 Å². The minimum atomic E-state index is 0.669. The molecule has 128 valence electrons. The van der Waals surface area contributed by atoms with E-state index >= 15 is 0 Å². The van der Waals surface area contributed by atoms with Crippen LogP contribution in [0.1, 0.15) is 32.3 Å². The summed E-state index contributed by atoms with van der Waals surface area (Å²) in [6, 6.07) is 8.38. The van der Waals surface area contributed by atoms with Crippen LogP contribution in [-0.2, 0) is 6.54 Å². The molecule has 3 rings (SSSR count). The normalized spacial score (nSPS) is 16.4. The van der Waals surface area contributed by atoms with E-state index in [0.29, 0.717) is 6.54 Å². The number of piperidine rings is 1. The largest absolute Gasteiger partial charge is 0.357 e. The van der Waals surface area contributed by atoms with Crippen molar-refractivity contribution in [2.75, 3.05) is 19.6 Å². The fraction of sp³-hybridized carbons (Fsp3) is 0.474. The van der Waals surface area contributed by atoms with Crippen molar-refractivity contribution in [2.24, 2.45) is 10.9 Å². The Morgan fingerprint density at radius 1 is 1.29 bits per heavy atom. The van der Waals surface area contributed by atoms with Gasteiger partial charge in [0.05, 0.1) is 18.6 Å². The first kappa shape index (κ1) is 16.6. The van der Waals surface area contributed by atoms with Gasteiger partial charge in [-0.25, -0.2) is 9.98 Å². The highest BCUT2D eigenvalue weighted by atomic mass is 15.3. The number of aliphatic imine (C=N–C) groups is 1. The minimum absolute atomic E-state index is 0.669. The maximum atomic E-state index is 4.90. The van der Waals surface area contributed by atoms with Gasteiger partial charge in [0.15, 0.2) is 5.96 Å². The van der Waals surface area contributed by atoms with Gasteiger partial charge in [-0.05, 0) is 37.3 Å². The monoisotopic (exact) mass is 325 g/mol. The first-order valence-electron chi connectivity index (χ1n) is 8.87. The van der Waals surface area contributed by atoms with E-state index in [9.17, 15) is 0 Å². The van der Waals surface area contributed by atoms with Crippen LogP contribution < -0.4 is 5.32 Å². The number of likely N-dealkylation sites (tertiary alicyclic amines) is 1. The second-order valence-corrected chi connectivity index (χ2v) is 6.44. The zero-order chi connectivity index (χ0) is 16.8. The molecule has 5 nitrogen and oxygen atoms in total. The molecule has 5 heteroatoms. The van der Waals surface area contributed by atoms with Crippen LogP contribution in [0.3, 0.4) is 0 Å². The molecule has 0 atom stereocenters. The number of para-hydroxylation sites is 1. The summed E-state index contributed by atoms with van der Waals surface area (Å²) >= 11 is 0. The Morgan fingerprint density at radius 2 is 2.08 bits per heavy atom. The summed E-state index contributed by atoms with van der Waals surface area (Å²) < 4.78 is 2.04. The summed E-state index contributed by atoms with van der Waals surface area (Å²) in [5, 5.41) is 3.45. The molecule has 0 spiro atoms. The second kappa shape index (κ2) is 7.99. The van der Waals surface area contributed by atoms with Crippen LogP contribution in [0.15, 0.2) is 48.0 Å². The average molecular weight is 325 g/mol. The first-order valence-corrected chi connectivity index (χ1v) is 8.87. The fourth-order valence-corrected chi connectivity index (χ4v) is 3.10. The van der Waals surface area contributed by atoms with Gasteiger partial charge in [0.25, 0.3) is 0 Å². The molecule has 1 aromatic heterocycles. The SMILES string of the molecule is CCNC(=NCc1ccccc1-n1ccnc1)N1CCC(C)CC1. The second-order valence-electron chi connectivity index (χ2n) is 6.44. The van der Waals surface area contributed by atoms with Crippen LogP contribution in [0.5, 0.6) is 0 Å². The van der Waals surface area contributed by atoms with Gasteiger partial charge in [0.2, 0.25) is 0 Å². The summed E-state index contributed by atoms with van der Waals surface area (Å²) in [5.74, 6) is 1.86. The molecule has 2 aromatic rings. The molecule has 0 aliphatic carbocycles. The predicted molar refractivity (Wildman–Crippen MR) is 98.4 cm³/mol. The quantitative estimate of drug-likeness (QED) is 0.694. The Morgan fingerprint density at radius 3 is 2.79 bits per heavy atom. The molecule has 0 bridgehead atoms. The Balaban J connectivity index is 1.77. The van der Waals surface area contributed by atoms with Gasteiger partial charge >= 0.3 is 0 Å². The van der Waals surface area contributed by atoms with Crippen molar-refractivity contribution in [1.82, 2.24) is 19.8 Å². The molecule has 1 saturated heterocycles. The number of guanidine groups is 1. The topological polar surface area (TPSA) is 45.5 Å². The Kier molecular flexibility index (Phi) is 5.51. The molecule has 0 saturated carbocycles. The van der Waals surface area contributed by atoms with E-state index in [1.807, 2.05) is 17.1 Å². The maximum absolute atomic E-state index is 4.90. The molecule has 0 radical (unpaired) electrons. The Hall–Kier alpha value is -2.30. The van der Waals surface area contributed by atoms with Gasteiger partial charge in [0, 0.05) is 32.0 Å². The molecule has 1 aliphatic rings. The third-order valence-corrected chi connectivity index (χ3v) is 4.59. The number of nitrogens with one attached hydrogen (secondary N) is 1. The number of nitrogens with zero attached hydrogens (tertiary/aromatic N) is 4. The standard InChI is InChI=1S/C19H27N5/c1-3-21-19(23-11-8-16(2)9-12-23)22-14-17-6-4-5-7-18(17)24-13-10-20-15-24/h4-7,10,13,15-16H,3,8-9,11-12,14H2,1-2H3,(H,21,22). The van der Waals surface area contributed by atoms with Crippen molar-refractivity contribution in [1.29, 1.82) is 0 Å². The van der Waals surface area contributed by atoms with Crippen LogP contribution in [0.2, 0.25) is 0 Å². The summed E-state index contributed by atoms with van der Waals surface area (Å²) in [4.78, 5) is 11.4. The summed E-state index contributed by atoms with van der Waals surface area (Å²) in [6.45, 7) is 8.22. The molecule has 1 N–H and O–H groups in total. The molecule has 1 aliphatic heterocycles. The minimum Gasteiger partial charge on any atom is -0.357 e. The molecule has 1 aromatic carbocycles. The molecule has 0 unspecified atom stereocenters. The van der Waals surface area contributed by atoms with E-state index < -0.39 is 0 Å². The van der Waals surface area contributed by atoms with Crippen LogP contribution in [0, 0.1) is 5.92 Å². The van der Waals surface area contributed by atoms with E-state index in [0.717, 1.165) is 37.2 Å². The van der Waals surface area contributed by atoms with Gasteiger partial charge in [-0.15, -0.1) is 0 Å². The van der Waals surface area contributed by atoms with Crippen molar-refractivity contribution in [3.8, 4) is 5.69 Å².